The van der Waals surface area contributed by atoms with Crippen molar-refractivity contribution >= 4 is 29.1 Å². The number of nitrogens with one attached hydrogen (secondary N) is 2. The van der Waals surface area contributed by atoms with Crippen molar-refractivity contribution in [1.29, 1.82) is 0 Å². The number of benzene rings is 1. The predicted molar refractivity (Wildman–Crippen MR) is 90.6 cm³/mol. The highest BCUT2D eigenvalue weighted by molar-refractivity contribution is 6.30. The molecule has 0 atom stereocenters. The quantitative estimate of drug-likeness (QED) is 0.708. The Balaban J connectivity index is 2.15. The van der Waals surface area contributed by atoms with Crippen LogP contribution < -0.4 is 10.6 Å². The fourth-order valence-corrected chi connectivity index (χ4v) is 2.21. The van der Waals surface area contributed by atoms with Gasteiger partial charge >= 0.3 is 6.18 Å². The van der Waals surface area contributed by atoms with Gasteiger partial charge in [-0.1, -0.05) is 11.6 Å². The molecule has 0 radical (unpaired) electrons. The van der Waals surface area contributed by atoms with Gasteiger partial charge < -0.3 is 15.4 Å². The van der Waals surface area contributed by atoms with Crippen molar-refractivity contribution in [1.82, 2.24) is 15.3 Å². The molecule has 0 saturated heterocycles. The molecule has 0 unspecified atom stereocenters. The van der Waals surface area contributed by atoms with Gasteiger partial charge in [-0.2, -0.15) is 13.2 Å². The Morgan fingerprint density at radius 2 is 2.08 bits per heavy atom. The van der Waals surface area contributed by atoms with E-state index < -0.39 is 17.6 Å². The minimum atomic E-state index is -4.61. The Morgan fingerprint density at radius 1 is 1.31 bits per heavy atom. The molecule has 1 heterocycles. The van der Waals surface area contributed by atoms with E-state index in [1.807, 2.05) is 0 Å². The zero-order valence-electron chi connectivity index (χ0n) is 13.7. The number of halogens is 4. The molecule has 1 amide bonds. The molecule has 0 fully saturated rings. The zero-order chi connectivity index (χ0) is 19.2. The summed E-state index contributed by atoms with van der Waals surface area (Å²) < 4.78 is 44.3. The lowest BCUT2D eigenvalue weighted by molar-refractivity contribution is -0.136. The number of anilines is 2. The minimum Gasteiger partial charge on any atom is -0.385 e. The van der Waals surface area contributed by atoms with Crippen LogP contribution in [0.15, 0.2) is 30.5 Å². The number of nitrogens with zero attached hydrogens (tertiary/aromatic N) is 2. The molecular weight excluding hydrogens is 373 g/mol. The highest BCUT2D eigenvalue weighted by Gasteiger charge is 2.34. The van der Waals surface area contributed by atoms with Crippen LogP contribution in [-0.2, 0) is 10.9 Å². The fraction of sp³-hybridized carbons (Fsp3) is 0.312. The van der Waals surface area contributed by atoms with E-state index in [-0.39, 0.29) is 22.4 Å². The van der Waals surface area contributed by atoms with Crippen molar-refractivity contribution in [3.8, 4) is 0 Å². The van der Waals surface area contributed by atoms with Crippen molar-refractivity contribution < 1.29 is 22.7 Å². The molecule has 140 valence electrons. The third kappa shape index (κ3) is 5.57. The van der Waals surface area contributed by atoms with Crippen LogP contribution in [0.4, 0.5) is 24.8 Å². The summed E-state index contributed by atoms with van der Waals surface area (Å²) in [7, 11) is 1.55. The van der Waals surface area contributed by atoms with Crippen molar-refractivity contribution in [3.63, 3.8) is 0 Å². The summed E-state index contributed by atoms with van der Waals surface area (Å²) in [5, 5.41) is 5.06. The summed E-state index contributed by atoms with van der Waals surface area (Å²) in [6.07, 6.45) is -2.70. The third-order valence-corrected chi connectivity index (χ3v) is 3.47. The fourth-order valence-electron chi connectivity index (χ4n) is 2.03. The van der Waals surface area contributed by atoms with Gasteiger partial charge in [0.05, 0.1) is 11.3 Å². The summed E-state index contributed by atoms with van der Waals surface area (Å²) in [4.78, 5) is 19.8. The van der Waals surface area contributed by atoms with Gasteiger partial charge in [-0.05, 0) is 30.7 Å². The highest BCUT2D eigenvalue weighted by atomic mass is 35.5. The van der Waals surface area contributed by atoms with Crippen LogP contribution in [0.3, 0.4) is 0 Å². The summed E-state index contributed by atoms with van der Waals surface area (Å²) in [6.45, 7) is 0.877. The predicted octanol–water partition coefficient (Wildman–Crippen LogP) is 3.66. The smallest absolute Gasteiger partial charge is 0.385 e. The maximum atomic E-state index is 13.1. The number of alkyl halides is 3. The van der Waals surface area contributed by atoms with Crippen LogP contribution in [0.1, 0.15) is 22.5 Å². The molecule has 6 nitrogen and oxygen atoms in total. The van der Waals surface area contributed by atoms with E-state index in [1.54, 1.807) is 7.11 Å². The number of aromatic nitrogens is 2. The Morgan fingerprint density at radius 3 is 2.77 bits per heavy atom. The number of rotatable bonds is 7. The molecule has 1 aromatic heterocycles. The van der Waals surface area contributed by atoms with Crippen molar-refractivity contribution in [2.24, 2.45) is 0 Å². The number of hydrogen-bond acceptors (Lipinski definition) is 5. The average Bonchev–Trinajstić information content (AvgIpc) is 2.59. The Kier molecular flexibility index (Phi) is 6.76. The first kappa shape index (κ1) is 19.9. The van der Waals surface area contributed by atoms with Gasteiger partial charge in [0.2, 0.25) is 5.95 Å². The largest absolute Gasteiger partial charge is 0.418 e. The second kappa shape index (κ2) is 8.81. The number of ether oxygens (including phenoxy) is 1. The number of amides is 1. The summed E-state index contributed by atoms with van der Waals surface area (Å²) in [5.74, 6) is -0.596. The first-order valence-electron chi connectivity index (χ1n) is 7.55. The molecule has 26 heavy (non-hydrogen) atoms. The van der Waals surface area contributed by atoms with Crippen LogP contribution in [0.25, 0.3) is 0 Å². The zero-order valence-corrected chi connectivity index (χ0v) is 14.5. The van der Waals surface area contributed by atoms with Crippen molar-refractivity contribution in [2.45, 2.75) is 12.6 Å². The van der Waals surface area contributed by atoms with Crippen LogP contribution in [0.2, 0.25) is 5.02 Å². The highest BCUT2D eigenvalue weighted by Crippen LogP contribution is 2.37. The Labute approximate surface area is 152 Å². The third-order valence-electron chi connectivity index (χ3n) is 3.23. The maximum absolute atomic E-state index is 13.1. The number of carbonyl (C=O) groups excluding carboxylic acids is 1. The molecule has 0 saturated carbocycles. The van der Waals surface area contributed by atoms with Gasteiger partial charge in [0.1, 0.15) is 5.69 Å². The second-order valence-corrected chi connectivity index (χ2v) is 5.62. The van der Waals surface area contributed by atoms with E-state index in [9.17, 15) is 18.0 Å². The summed E-state index contributed by atoms with van der Waals surface area (Å²) in [5.41, 5.74) is -1.19. The van der Waals surface area contributed by atoms with E-state index in [0.29, 0.717) is 19.6 Å². The molecule has 0 aliphatic heterocycles. The van der Waals surface area contributed by atoms with E-state index in [4.69, 9.17) is 16.3 Å². The topological polar surface area (TPSA) is 76.1 Å². The SMILES string of the molecule is COCCCNC(=O)c1ccnc(Nc2ccc(Cl)cc2C(F)(F)F)n1. The molecule has 2 rings (SSSR count). The van der Waals surface area contributed by atoms with Crippen LogP contribution >= 0.6 is 11.6 Å². The van der Waals surface area contributed by atoms with E-state index in [2.05, 4.69) is 20.6 Å². The van der Waals surface area contributed by atoms with Gasteiger partial charge in [0, 0.05) is 31.5 Å². The number of carbonyl (C=O) groups is 1. The van der Waals surface area contributed by atoms with E-state index in [1.165, 1.54) is 24.4 Å². The molecule has 1 aromatic carbocycles. The molecule has 2 aromatic rings. The lowest BCUT2D eigenvalue weighted by Gasteiger charge is -2.14. The van der Waals surface area contributed by atoms with Crippen LogP contribution in [0.5, 0.6) is 0 Å². The molecule has 0 aliphatic carbocycles. The molecule has 2 N–H and O–H groups in total. The van der Waals surface area contributed by atoms with E-state index in [0.717, 1.165) is 6.07 Å². The van der Waals surface area contributed by atoms with Crippen LogP contribution in [0, 0.1) is 0 Å². The lowest BCUT2D eigenvalue weighted by Crippen LogP contribution is -2.26. The molecule has 0 bridgehead atoms. The summed E-state index contributed by atoms with van der Waals surface area (Å²) in [6, 6.07) is 4.65. The van der Waals surface area contributed by atoms with Gasteiger partial charge in [-0.15, -0.1) is 0 Å². The average molecular weight is 389 g/mol. The lowest BCUT2D eigenvalue weighted by atomic mass is 10.1. The van der Waals surface area contributed by atoms with Gasteiger partial charge in [-0.25, -0.2) is 9.97 Å². The first-order chi connectivity index (χ1) is 12.3. The Hall–Kier alpha value is -2.39. The maximum Gasteiger partial charge on any atom is 0.418 e. The van der Waals surface area contributed by atoms with Gasteiger partial charge in [0.15, 0.2) is 0 Å². The second-order valence-electron chi connectivity index (χ2n) is 5.18. The van der Waals surface area contributed by atoms with E-state index >= 15 is 0 Å². The molecule has 10 heteroatoms. The number of hydrogen-bond donors (Lipinski definition) is 2. The standard InChI is InChI=1S/C16H16ClF3N4O2/c1-26-8-2-6-21-14(25)13-5-7-22-15(24-13)23-12-4-3-10(17)9-11(12)16(18,19)20/h3-5,7,9H,2,6,8H2,1H3,(H,21,25)(H,22,23,24). The molecule has 0 spiro atoms. The van der Waals surface area contributed by atoms with Crippen molar-refractivity contribution in [3.05, 3.63) is 46.7 Å². The minimum absolute atomic E-state index is 0.0300. The Bertz CT molecular complexity index is 771. The summed E-state index contributed by atoms with van der Waals surface area (Å²) >= 11 is 5.64. The molecular formula is C16H16ClF3N4O2. The number of methoxy groups -OCH3 is 1. The van der Waals surface area contributed by atoms with Gasteiger partial charge in [0.25, 0.3) is 5.91 Å². The van der Waals surface area contributed by atoms with Crippen LogP contribution in [-0.4, -0.2) is 36.1 Å². The van der Waals surface area contributed by atoms with Gasteiger partial charge in [-0.3, -0.25) is 4.79 Å². The van der Waals surface area contributed by atoms with Crippen molar-refractivity contribution in [2.75, 3.05) is 25.6 Å². The normalized spacial score (nSPS) is 11.3. The molecule has 0 aliphatic rings. The monoisotopic (exact) mass is 388 g/mol. The first-order valence-corrected chi connectivity index (χ1v) is 7.93.